The van der Waals surface area contributed by atoms with Crippen LogP contribution in [-0.2, 0) is 9.53 Å². The first-order valence-electron chi connectivity index (χ1n) is 7.40. The van der Waals surface area contributed by atoms with E-state index in [0.717, 1.165) is 19.5 Å². The normalized spacial score (nSPS) is 19.2. The Morgan fingerprint density at radius 2 is 1.89 bits per heavy atom. The molecule has 1 saturated heterocycles. The number of ether oxygens (including phenoxy) is 1. The number of nitrogens with one attached hydrogen (secondary N) is 1. The number of rotatable bonds is 7. The van der Waals surface area contributed by atoms with E-state index >= 15 is 0 Å². The lowest BCUT2D eigenvalue weighted by molar-refractivity contribution is -0.145. The Morgan fingerprint density at radius 3 is 2.44 bits per heavy atom. The number of hydrogen-bond acceptors (Lipinski definition) is 4. The van der Waals surface area contributed by atoms with E-state index in [1.807, 2.05) is 13.8 Å². The Balaban J connectivity index is 2.33. The summed E-state index contributed by atoms with van der Waals surface area (Å²) in [5.41, 5.74) is 0. The van der Waals surface area contributed by atoms with Crippen LogP contribution in [0.5, 0.6) is 0 Å². The highest BCUT2D eigenvalue weighted by Crippen LogP contribution is 2.10. The third kappa shape index (κ3) is 5.83. The first kappa shape index (κ1) is 15.4. The molecule has 0 radical (unpaired) electrons. The second-order valence-corrected chi connectivity index (χ2v) is 4.91. The molecule has 1 rings (SSSR count). The first-order chi connectivity index (χ1) is 8.77. The Bertz CT molecular complexity index is 226. The lowest BCUT2D eigenvalue weighted by Crippen LogP contribution is -2.41. The van der Waals surface area contributed by atoms with Gasteiger partial charge in [-0.2, -0.15) is 0 Å². The van der Waals surface area contributed by atoms with E-state index < -0.39 is 0 Å². The molecule has 4 heteroatoms. The molecule has 0 aromatic carbocycles. The minimum absolute atomic E-state index is 0.103. The van der Waals surface area contributed by atoms with Crippen molar-refractivity contribution >= 4 is 5.97 Å². The summed E-state index contributed by atoms with van der Waals surface area (Å²) in [7, 11) is 0. The molecule has 0 bridgehead atoms. The zero-order valence-corrected chi connectivity index (χ0v) is 11.9. The van der Waals surface area contributed by atoms with Gasteiger partial charge < -0.3 is 15.0 Å². The Labute approximate surface area is 111 Å². The van der Waals surface area contributed by atoms with Crippen LogP contribution in [0.15, 0.2) is 0 Å². The van der Waals surface area contributed by atoms with Gasteiger partial charge in [0.2, 0.25) is 0 Å². The molecule has 0 spiro atoms. The van der Waals surface area contributed by atoms with E-state index in [1.165, 1.54) is 38.8 Å². The average molecular weight is 256 g/mol. The van der Waals surface area contributed by atoms with Crippen LogP contribution in [0.25, 0.3) is 0 Å². The molecular weight excluding hydrogens is 228 g/mol. The molecule has 1 aliphatic rings. The van der Waals surface area contributed by atoms with E-state index in [9.17, 15) is 4.79 Å². The van der Waals surface area contributed by atoms with Gasteiger partial charge in [0, 0.05) is 6.54 Å². The van der Waals surface area contributed by atoms with Crippen LogP contribution < -0.4 is 5.32 Å². The summed E-state index contributed by atoms with van der Waals surface area (Å²) in [6, 6.07) is -0.141. The second kappa shape index (κ2) is 9.34. The maximum absolute atomic E-state index is 11.8. The molecule has 1 heterocycles. The highest BCUT2D eigenvalue weighted by molar-refractivity contribution is 5.75. The van der Waals surface area contributed by atoms with Crippen LogP contribution in [-0.4, -0.2) is 49.7 Å². The van der Waals surface area contributed by atoms with Crippen molar-refractivity contribution in [3.63, 3.8) is 0 Å². The number of carbonyl (C=O) groups excluding carboxylic acids is 1. The molecule has 1 N–H and O–H groups in total. The summed E-state index contributed by atoms with van der Waals surface area (Å²) in [5, 5.41) is 3.22. The summed E-state index contributed by atoms with van der Waals surface area (Å²) in [4.78, 5) is 14.3. The van der Waals surface area contributed by atoms with Crippen molar-refractivity contribution in [3.8, 4) is 0 Å². The van der Waals surface area contributed by atoms with Crippen molar-refractivity contribution in [2.75, 3.05) is 32.8 Å². The fourth-order valence-electron chi connectivity index (χ4n) is 2.46. The van der Waals surface area contributed by atoms with E-state index in [1.54, 1.807) is 0 Å². The Kier molecular flexibility index (Phi) is 8.01. The number of hydrogen-bond donors (Lipinski definition) is 1. The molecule has 0 amide bonds. The fraction of sp³-hybridized carbons (Fsp3) is 0.929. The minimum atomic E-state index is -0.141. The van der Waals surface area contributed by atoms with Gasteiger partial charge in [0.25, 0.3) is 0 Å². The minimum Gasteiger partial charge on any atom is -0.465 e. The third-order valence-electron chi connectivity index (χ3n) is 3.45. The number of nitrogens with zero attached hydrogens (tertiary/aromatic N) is 1. The summed E-state index contributed by atoms with van der Waals surface area (Å²) < 4.78 is 5.10. The number of carbonyl (C=O) groups is 1. The van der Waals surface area contributed by atoms with Gasteiger partial charge in [0.05, 0.1) is 6.61 Å². The molecule has 0 saturated carbocycles. The Hall–Kier alpha value is -0.610. The standard InChI is InChI=1S/C14H28N2O2/c1-3-15-13(14(17)18-4-2)9-12-16-10-7-5-6-8-11-16/h13,15H,3-12H2,1-2H3. The molecule has 1 aliphatic heterocycles. The van der Waals surface area contributed by atoms with Crippen LogP contribution in [0.2, 0.25) is 0 Å². The molecule has 4 nitrogen and oxygen atoms in total. The fourth-order valence-corrected chi connectivity index (χ4v) is 2.46. The van der Waals surface area contributed by atoms with Crippen molar-refractivity contribution in [2.45, 2.75) is 52.0 Å². The SMILES string of the molecule is CCNC(CCN1CCCCCC1)C(=O)OCC. The number of esters is 1. The van der Waals surface area contributed by atoms with Crippen molar-refractivity contribution in [1.29, 1.82) is 0 Å². The topological polar surface area (TPSA) is 41.6 Å². The highest BCUT2D eigenvalue weighted by Gasteiger charge is 2.19. The quantitative estimate of drug-likeness (QED) is 0.705. The Morgan fingerprint density at radius 1 is 1.22 bits per heavy atom. The lowest BCUT2D eigenvalue weighted by atomic mass is 10.2. The molecule has 18 heavy (non-hydrogen) atoms. The first-order valence-corrected chi connectivity index (χ1v) is 7.40. The molecule has 106 valence electrons. The molecule has 1 unspecified atom stereocenters. The summed E-state index contributed by atoms with van der Waals surface area (Å²) >= 11 is 0. The molecular formula is C14H28N2O2. The van der Waals surface area contributed by atoms with Gasteiger partial charge in [-0.05, 0) is 45.8 Å². The maximum Gasteiger partial charge on any atom is 0.323 e. The lowest BCUT2D eigenvalue weighted by Gasteiger charge is -2.23. The second-order valence-electron chi connectivity index (χ2n) is 4.91. The molecule has 0 aromatic heterocycles. The van der Waals surface area contributed by atoms with E-state index in [4.69, 9.17) is 4.74 Å². The van der Waals surface area contributed by atoms with Gasteiger partial charge in [-0.3, -0.25) is 4.79 Å². The van der Waals surface area contributed by atoms with Crippen LogP contribution >= 0.6 is 0 Å². The van der Waals surface area contributed by atoms with Gasteiger partial charge in [0.15, 0.2) is 0 Å². The number of likely N-dealkylation sites (tertiary alicyclic amines) is 1. The summed E-state index contributed by atoms with van der Waals surface area (Å²) in [5.74, 6) is -0.103. The highest BCUT2D eigenvalue weighted by atomic mass is 16.5. The third-order valence-corrected chi connectivity index (χ3v) is 3.45. The van der Waals surface area contributed by atoms with E-state index in [2.05, 4.69) is 10.2 Å². The van der Waals surface area contributed by atoms with E-state index in [0.29, 0.717) is 6.61 Å². The smallest absolute Gasteiger partial charge is 0.323 e. The van der Waals surface area contributed by atoms with Crippen molar-refractivity contribution in [1.82, 2.24) is 10.2 Å². The molecule has 1 atom stereocenters. The monoisotopic (exact) mass is 256 g/mol. The van der Waals surface area contributed by atoms with E-state index in [-0.39, 0.29) is 12.0 Å². The van der Waals surface area contributed by atoms with Crippen LogP contribution in [0, 0.1) is 0 Å². The van der Waals surface area contributed by atoms with Crippen molar-refractivity contribution < 1.29 is 9.53 Å². The van der Waals surface area contributed by atoms with Gasteiger partial charge in [-0.15, -0.1) is 0 Å². The predicted octanol–water partition coefficient (Wildman–Crippen LogP) is 1.79. The van der Waals surface area contributed by atoms with Crippen LogP contribution in [0.3, 0.4) is 0 Å². The summed E-state index contributed by atoms with van der Waals surface area (Å²) in [6.45, 7) is 8.52. The average Bonchev–Trinajstić information content (AvgIpc) is 2.63. The summed E-state index contributed by atoms with van der Waals surface area (Å²) in [6.07, 6.45) is 6.15. The number of likely N-dealkylation sites (N-methyl/N-ethyl adjacent to an activating group) is 1. The van der Waals surface area contributed by atoms with Gasteiger partial charge >= 0.3 is 5.97 Å². The van der Waals surface area contributed by atoms with Crippen LogP contribution in [0.1, 0.15) is 46.0 Å². The van der Waals surface area contributed by atoms with Crippen molar-refractivity contribution in [2.24, 2.45) is 0 Å². The van der Waals surface area contributed by atoms with Gasteiger partial charge in [0.1, 0.15) is 6.04 Å². The van der Waals surface area contributed by atoms with Crippen molar-refractivity contribution in [3.05, 3.63) is 0 Å². The van der Waals surface area contributed by atoms with Crippen LogP contribution in [0.4, 0.5) is 0 Å². The zero-order valence-electron chi connectivity index (χ0n) is 11.9. The van der Waals surface area contributed by atoms with Gasteiger partial charge in [-0.25, -0.2) is 0 Å². The molecule has 1 fully saturated rings. The molecule has 0 aromatic rings. The zero-order chi connectivity index (χ0) is 13.2. The maximum atomic E-state index is 11.8. The predicted molar refractivity (Wildman–Crippen MR) is 73.6 cm³/mol. The molecule has 0 aliphatic carbocycles. The van der Waals surface area contributed by atoms with Gasteiger partial charge in [-0.1, -0.05) is 19.8 Å². The largest absolute Gasteiger partial charge is 0.465 e.